The Morgan fingerprint density at radius 2 is 1.95 bits per heavy atom. The maximum atomic E-state index is 4.26. The average Bonchev–Trinajstić information content (AvgIpc) is 3.23. The Kier molecular flexibility index (Phi) is 5.24. The predicted molar refractivity (Wildman–Crippen MR) is 90.6 cm³/mol. The lowest BCUT2D eigenvalue weighted by molar-refractivity contribution is 0.227. The molecule has 3 rings (SSSR count). The number of nitrogens with zero attached hydrogens (tertiary/aromatic N) is 3. The van der Waals surface area contributed by atoms with Gasteiger partial charge in [-0.25, -0.2) is 0 Å². The Morgan fingerprint density at radius 3 is 2.68 bits per heavy atom. The molecule has 1 aromatic heterocycles. The lowest BCUT2D eigenvalue weighted by Crippen LogP contribution is -2.33. The van der Waals surface area contributed by atoms with E-state index in [0.29, 0.717) is 0 Å². The van der Waals surface area contributed by atoms with E-state index in [4.69, 9.17) is 0 Å². The number of benzene rings is 1. The zero-order chi connectivity index (χ0) is 15.2. The number of hydrogen-bond donors (Lipinski definition) is 1. The summed E-state index contributed by atoms with van der Waals surface area (Å²) in [6.07, 6.45) is 4.71. The number of rotatable bonds is 7. The molecule has 0 spiro atoms. The van der Waals surface area contributed by atoms with Gasteiger partial charge < -0.3 is 4.90 Å². The van der Waals surface area contributed by atoms with E-state index in [2.05, 4.69) is 51.2 Å². The van der Waals surface area contributed by atoms with Crippen molar-refractivity contribution in [1.82, 2.24) is 20.0 Å². The first-order valence-electron chi connectivity index (χ1n) is 8.39. The van der Waals surface area contributed by atoms with Crippen LogP contribution in [0, 0.1) is 0 Å². The molecule has 4 nitrogen and oxygen atoms in total. The number of nitrogens with one attached hydrogen (secondary N) is 1. The number of aromatic amines is 1. The highest BCUT2D eigenvalue weighted by Gasteiger charge is 2.14. The molecule has 4 heteroatoms. The number of likely N-dealkylation sites (tertiary alicyclic amines) is 1. The second-order valence-electron chi connectivity index (χ2n) is 6.05. The van der Waals surface area contributed by atoms with Gasteiger partial charge in [-0.3, -0.25) is 10.00 Å². The molecule has 2 heterocycles. The zero-order valence-electron chi connectivity index (χ0n) is 13.5. The number of H-pyrrole nitrogens is 1. The average molecular weight is 298 g/mol. The van der Waals surface area contributed by atoms with Crippen molar-refractivity contribution in [2.75, 3.05) is 32.7 Å². The summed E-state index contributed by atoms with van der Waals surface area (Å²) in [5.41, 5.74) is 3.65. The van der Waals surface area contributed by atoms with Crippen LogP contribution in [0.3, 0.4) is 0 Å². The van der Waals surface area contributed by atoms with Crippen LogP contribution in [0.15, 0.2) is 36.5 Å². The first-order chi connectivity index (χ1) is 10.9. The van der Waals surface area contributed by atoms with E-state index in [-0.39, 0.29) is 0 Å². The molecule has 0 aliphatic carbocycles. The fourth-order valence-electron chi connectivity index (χ4n) is 3.16. The third-order valence-electron chi connectivity index (χ3n) is 4.55. The van der Waals surface area contributed by atoms with E-state index in [0.717, 1.165) is 25.3 Å². The van der Waals surface area contributed by atoms with Crippen LogP contribution < -0.4 is 0 Å². The molecule has 22 heavy (non-hydrogen) atoms. The number of likely N-dealkylation sites (N-methyl/N-ethyl adjacent to an activating group) is 1. The lowest BCUT2D eigenvalue weighted by Gasteiger charge is -2.23. The van der Waals surface area contributed by atoms with E-state index >= 15 is 0 Å². The second-order valence-corrected chi connectivity index (χ2v) is 6.05. The molecule has 0 radical (unpaired) electrons. The minimum absolute atomic E-state index is 0.963. The molecule has 1 N–H and O–H groups in total. The van der Waals surface area contributed by atoms with Crippen molar-refractivity contribution in [3.63, 3.8) is 0 Å². The van der Waals surface area contributed by atoms with Gasteiger partial charge in [0.2, 0.25) is 0 Å². The molecule has 1 aliphatic heterocycles. The van der Waals surface area contributed by atoms with E-state index in [1.54, 1.807) is 0 Å². The van der Waals surface area contributed by atoms with Crippen molar-refractivity contribution in [2.24, 2.45) is 0 Å². The van der Waals surface area contributed by atoms with Crippen molar-refractivity contribution in [3.05, 3.63) is 42.1 Å². The van der Waals surface area contributed by atoms with Crippen LogP contribution in [0.25, 0.3) is 11.3 Å². The van der Waals surface area contributed by atoms with Gasteiger partial charge in [-0.2, -0.15) is 5.10 Å². The third-order valence-corrected chi connectivity index (χ3v) is 4.55. The first kappa shape index (κ1) is 15.3. The molecule has 0 amide bonds. The Balaban J connectivity index is 1.62. The smallest absolute Gasteiger partial charge is 0.0695 e. The first-order valence-corrected chi connectivity index (χ1v) is 8.39. The van der Waals surface area contributed by atoms with Gasteiger partial charge in [-0.1, -0.05) is 37.3 Å². The van der Waals surface area contributed by atoms with Crippen molar-refractivity contribution in [3.8, 4) is 11.3 Å². The number of hydrogen-bond acceptors (Lipinski definition) is 3. The van der Waals surface area contributed by atoms with Crippen LogP contribution in [0.5, 0.6) is 0 Å². The van der Waals surface area contributed by atoms with Crippen LogP contribution in [-0.2, 0) is 6.54 Å². The molecule has 0 bridgehead atoms. The zero-order valence-corrected chi connectivity index (χ0v) is 13.5. The molecule has 1 fully saturated rings. The largest absolute Gasteiger partial charge is 0.302 e. The molecule has 0 unspecified atom stereocenters. The Morgan fingerprint density at radius 1 is 1.18 bits per heavy atom. The predicted octanol–water partition coefficient (Wildman–Crippen LogP) is 2.99. The van der Waals surface area contributed by atoms with E-state index in [1.807, 2.05) is 12.3 Å². The van der Waals surface area contributed by atoms with Gasteiger partial charge >= 0.3 is 0 Å². The highest BCUT2D eigenvalue weighted by atomic mass is 15.2. The Bertz CT molecular complexity index is 557. The van der Waals surface area contributed by atoms with Crippen LogP contribution in [0.1, 0.15) is 25.3 Å². The lowest BCUT2D eigenvalue weighted by atomic mass is 10.1. The minimum atomic E-state index is 0.963. The van der Waals surface area contributed by atoms with Crippen molar-refractivity contribution >= 4 is 0 Å². The minimum Gasteiger partial charge on any atom is -0.302 e. The van der Waals surface area contributed by atoms with Gasteiger partial charge in [0.05, 0.1) is 11.9 Å². The summed E-state index contributed by atoms with van der Waals surface area (Å²) in [5.74, 6) is 0. The van der Waals surface area contributed by atoms with Crippen LogP contribution in [-0.4, -0.2) is 52.7 Å². The summed E-state index contributed by atoms with van der Waals surface area (Å²) in [6.45, 7) is 9.16. The van der Waals surface area contributed by atoms with Gasteiger partial charge in [0.1, 0.15) is 0 Å². The third kappa shape index (κ3) is 3.76. The van der Waals surface area contributed by atoms with E-state index in [1.165, 1.54) is 43.6 Å². The topological polar surface area (TPSA) is 35.2 Å². The highest BCUT2D eigenvalue weighted by molar-refractivity contribution is 5.62. The van der Waals surface area contributed by atoms with Gasteiger partial charge in [0, 0.05) is 25.2 Å². The summed E-state index contributed by atoms with van der Waals surface area (Å²) in [4.78, 5) is 5.09. The van der Waals surface area contributed by atoms with E-state index < -0.39 is 0 Å². The molecular weight excluding hydrogens is 272 g/mol. The van der Waals surface area contributed by atoms with Crippen molar-refractivity contribution < 1.29 is 0 Å². The molecule has 1 saturated heterocycles. The Hall–Kier alpha value is -1.65. The molecule has 0 atom stereocenters. The van der Waals surface area contributed by atoms with E-state index in [9.17, 15) is 0 Å². The van der Waals surface area contributed by atoms with Crippen LogP contribution >= 0.6 is 0 Å². The van der Waals surface area contributed by atoms with Crippen molar-refractivity contribution in [2.45, 2.75) is 26.3 Å². The molecule has 0 saturated carbocycles. The molecule has 2 aromatic rings. The van der Waals surface area contributed by atoms with Crippen molar-refractivity contribution in [1.29, 1.82) is 0 Å². The summed E-state index contributed by atoms with van der Waals surface area (Å²) >= 11 is 0. The fraction of sp³-hybridized carbons (Fsp3) is 0.500. The number of aromatic nitrogens is 2. The van der Waals surface area contributed by atoms with Gasteiger partial charge in [0.25, 0.3) is 0 Å². The maximum absolute atomic E-state index is 4.26. The molecule has 118 valence electrons. The highest BCUT2D eigenvalue weighted by Crippen LogP contribution is 2.21. The van der Waals surface area contributed by atoms with Gasteiger partial charge in [-0.05, 0) is 38.0 Å². The fourth-order valence-corrected chi connectivity index (χ4v) is 3.16. The molecular formula is C18H26N4. The standard InChI is InChI=1S/C18H26N4/c1-2-21(12-13-22-10-6-7-11-22)15-17-14-19-20-18(17)16-8-4-3-5-9-16/h3-5,8-9,14H,2,6-7,10-13,15H2,1H3,(H,19,20). The quantitative estimate of drug-likeness (QED) is 0.853. The summed E-state index contributed by atoms with van der Waals surface area (Å²) < 4.78 is 0. The molecule has 1 aromatic carbocycles. The van der Waals surface area contributed by atoms with Gasteiger partial charge in [-0.15, -0.1) is 0 Å². The SMILES string of the molecule is CCN(CCN1CCCC1)Cc1cn[nH]c1-c1ccccc1. The van der Waals surface area contributed by atoms with Crippen LogP contribution in [0.2, 0.25) is 0 Å². The molecule has 1 aliphatic rings. The summed E-state index contributed by atoms with van der Waals surface area (Å²) in [5, 5.41) is 7.42. The Labute approximate surface area is 133 Å². The van der Waals surface area contributed by atoms with Crippen LogP contribution in [0.4, 0.5) is 0 Å². The normalized spacial score (nSPS) is 15.7. The second kappa shape index (κ2) is 7.56. The van der Waals surface area contributed by atoms with Gasteiger partial charge in [0.15, 0.2) is 0 Å². The monoisotopic (exact) mass is 298 g/mol. The summed E-state index contributed by atoms with van der Waals surface area (Å²) in [7, 11) is 0. The maximum Gasteiger partial charge on any atom is 0.0695 e. The summed E-state index contributed by atoms with van der Waals surface area (Å²) in [6, 6.07) is 10.5.